The lowest BCUT2D eigenvalue weighted by molar-refractivity contribution is -0.114. The van der Waals surface area contributed by atoms with E-state index in [9.17, 15) is 13.2 Å². The first-order valence-corrected chi connectivity index (χ1v) is 13.1. The van der Waals surface area contributed by atoms with Crippen LogP contribution in [0, 0.1) is 0 Å². The molecule has 0 saturated heterocycles. The molecule has 0 unspecified atom stereocenters. The molecule has 8 heteroatoms. The Morgan fingerprint density at radius 1 is 0.857 bits per heavy atom. The predicted molar refractivity (Wildman–Crippen MR) is 140 cm³/mol. The van der Waals surface area contributed by atoms with E-state index in [1.165, 1.54) is 31.0 Å². The van der Waals surface area contributed by atoms with Gasteiger partial charge in [0.1, 0.15) is 12.3 Å². The average Bonchev–Trinajstić information content (AvgIpc) is 2.89. The van der Waals surface area contributed by atoms with Gasteiger partial charge < -0.3 is 10.1 Å². The number of hydrogen-bond donors (Lipinski definition) is 1. The summed E-state index contributed by atoms with van der Waals surface area (Å²) in [5, 5.41) is 2.89. The van der Waals surface area contributed by atoms with E-state index in [4.69, 9.17) is 4.74 Å². The van der Waals surface area contributed by atoms with Gasteiger partial charge in [0.25, 0.3) is 10.0 Å². The van der Waals surface area contributed by atoms with Gasteiger partial charge in [0.15, 0.2) is 0 Å². The minimum absolute atomic E-state index is 0.0932. The predicted octanol–water partition coefficient (Wildman–Crippen LogP) is 5.68. The molecule has 178 valence electrons. The van der Waals surface area contributed by atoms with Crippen LogP contribution in [0.1, 0.15) is 0 Å². The van der Waals surface area contributed by atoms with Crippen LogP contribution < -0.4 is 14.4 Å². The lowest BCUT2D eigenvalue weighted by atomic mass is 10.3. The molecule has 0 fully saturated rings. The molecule has 0 heterocycles. The van der Waals surface area contributed by atoms with E-state index >= 15 is 0 Å². The minimum atomic E-state index is -4.01. The second-order valence-corrected chi connectivity index (χ2v) is 10.5. The molecule has 4 aromatic carbocycles. The van der Waals surface area contributed by atoms with E-state index in [1.807, 2.05) is 48.5 Å². The summed E-state index contributed by atoms with van der Waals surface area (Å²) in [6.45, 7) is -0.408. The average molecular weight is 505 g/mol. The number of carbonyl (C=O) groups excluding carboxylic acids is 1. The van der Waals surface area contributed by atoms with Gasteiger partial charge in [0, 0.05) is 15.9 Å². The highest BCUT2D eigenvalue weighted by molar-refractivity contribution is 7.99. The van der Waals surface area contributed by atoms with E-state index in [0.717, 1.165) is 14.1 Å². The number of sulfonamides is 1. The largest absolute Gasteiger partial charge is 0.497 e. The first kappa shape index (κ1) is 24.4. The van der Waals surface area contributed by atoms with Crippen LogP contribution in [0.15, 0.2) is 124 Å². The summed E-state index contributed by atoms with van der Waals surface area (Å²) in [5.41, 5.74) is 0.935. The number of ether oxygens (including phenoxy) is 1. The van der Waals surface area contributed by atoms with E-state index in [2.05, 4.69) is 5.32 Å². The van der Waals surface area contributed by atoms with Gasteiger partial charge >= 0.3 is 0 Å². The number of anilines is 2. The maximum absolute atomic E-state index is 13.5. The Hall–Kier alpha value is -3.75. The van der Waals surface area contributed by atoms with Crippen LogP contribution in [-0.2, 0) is 14.8 Å². The first-order chi connectivity index (χ1) is 17.0. The molecule has 0 spiro atoms. The zero-order valence-electron chi connectivity index (χ0n) is 19.0. The van der Waals surface area contributed by atoms with E-state index < -0.39 is 22.5 Å². The first-order valence-electron chi connectivity index (χ1n) is 10.8. The summed E-state index contributed by atoms with van der Waals surface area (Å²) in [6, 6.07) is 31.9. The van der Waals surface area contributed by atoms with Crippen molar-refractivity contribution in [1.29, 1.82) is 0 Å². The van der Waals surface area contributed by atoms with Crippen molar-refractivity contribution in [2.45, 2.75) is 14.7 Å². The number of hydrogen-bond acceptors (Lipinski definition) is 5. The molecule has 1 amide bonds. The highest BCUT2D eigenvalue weighted by Crippen LogP contribution is 2.33. The van der Waals surface area contributed by atoms with Crippen LogP contribution in [-0.4, -0.2) is 28.0 Å². The fraction of sp³-hybridized carbons (Fsp3) is 0.0741. The van der Waals surface area contributed by atoms with Crippen LogP contribution in [0.2, 0.25) is 0 Å². The zero-order chi connectivity index (χ0) is 24.7. The number of nitrogens with one attached hydrogen (secondary N) is 1. The summed E-state index contributed by atoms with van der Waals surface area (Å²) in [5.74, 6) is 0.0224. The molecule has 0 aliphatic heterocycles. The third-order valence-electron chi connectivity index (χ3n) is 5.09. The third kappa shape index (κ3) is 6.03. The number of carbonyl (C=O) groups is 1. The van der Waals surface area contributed by atoms with Gasteiger partial charge in [-0.15, -0.1) is 0 Å². The molecule has 0 aromatic heterocycles. The van der Waals surface area contributed by atoms with Crippen LogP contribution in [0.3, 0.4) is 0 Å². The van der Waals surface area contributed by atoms with Crippen LogP contribution in [0.4, 0.5) is 11.4 Å². The normalized spacial score (nSPS) is 11.0. The van der Waals surface area contributed by atoms with Gasteiger partial charge in [-0.05, 0) is 48.5 Å². The Kier molecular flexibility index (Phi) is 7.74. The molecule has 0 bridgehead atoms. The molecule has 0 atom stereocenters. The van der Waals surface area contributed by atoms with E-state index in [1.54, 1.807) is 48.5 Å². The molecule has 0 radical (unpaired) electrons. The second-order valence-electron chi connectivity index (χ2n) is 7.49. The Bertz CT molecular complexity index is 1400. The van der Waals surface area contributed by atoms with Crippen LogP contribution in [0.5, 0.6) is 5.75 Å². The summed E-state index contributed by atoms with van der Waals surface area (Å²) >= 11 is 1.52. The Labute approximate surface area is 209 Å². The van der Waals surface area contributed by atoms with Crippen molar-refractivity contribution in [2.24, 2.45) is 0 Å². The van der Waals surface area contributed by atoms with Crippen molar-refractivity contribution in [3.63, 3.8) is 0 Å². The fourth-order valence-corrected chi connectivity index (χ4v) is 5.75. The van der Waals surface area contributed by atoms with Gasteiger partial charge in [-0.3, -0.25) is 9.10 Å². The number of para-hydroxylation sites is 1. The van der Waals surface area contributed by atoms with Crippen molar-refractivity contribution >= 4 is 39.1 Å². The zero-order valence-corrected chi connectivity index (χ0v) is 20.6. The van der Waals surface area contributed by atoms with E-state index in [-0.39, 0.29) is 4.90 Å². The lowest BCUT2D eigenvalue weighted by Gasteiger charge is -2.24. The summed E-state index contributed by atoms with van der Waals surface area (Å²) in [6.07, 6.45) is 0. The molecule has 0 aliphatic carbocycles. The molecular formula is C27H24N2O4S2. The van der Waals surface area contributed by atoms with Crippen LogP contribution >= 0.6 is 11.8 Å². The van der Waals surface area contributed by atoms with Crippen molar-refractivity contribution < 1.29 is 17.9 Å². The number of methoxy groups -OCH3 is 1. The summed E-state index contributed by atoms with van der Waals surface area (Å²) in [7, 11) is -2.51. The second kappa shape index (κ2) is 11.1. The molecular weight excluding hydrogens is 480 g/mol. The lowest BCUT2D eigenvalue weighted by Crippen LogP contribution is -2.38. The minimum Gasteiger partial charge on any atom is -0.497 e. The smallest absolute Gasteiger partial charge is 0.264 e. The van der Waals surface area contributed by atoms with Gasteiger partial charge in [0.05, 0.1) is 23.4 Å². The van der Waals surface area contributed by atoms with E-state index in [0.29, 0.717) is 17.1 Å². The molecule has 0 aliphatic rings. The maximum Gasteiger partial charge on any atom is 0.264 e. The molecule has 4 rings (SSSR count). The Balaban J connectivity index is 1.62. The SMILES string of the molecule is COc1cccc(N(CC(=O)Nc2ccccc2Sc2ccccc2)S(=O)(=O)c2ccccc2)c1. The third-order valence-corrected chi connectivity index (χ3v) is 7.96. The topological polar surface area (TPSA) is 75.7 Å². The molecule has 0 saturated carbocycles. The van der Waals surface area contributed by atoms with Crippen molar-refractivity contribution in [3.8, 4) is 5.75 Å². The van der Waals surface area contributed by atoms with Gasteiger partial charge in [0.2, 0.25) is 5.91 Å². The Morgan fingerprint density at radius 2 is 1.51 bits per heavy atom. The number of benzene rings is 4. The standard InChI is InChI=1S/C27H24N2O4S2/c1-33-22-12-10-11-21(19-22)29(35(31,32)24-15-6-3-7-16-24)20-27(30)28-25-17-8-9-18-26(25)34-23-13-4-2-5-14-23/h2-19H,20H2,1H3,(H,28,30). The molecule has 35 heavy (non-hydrogen) atoms. The number of nitrogens with zero attached hydrogens (tertiary/aromatic N) is 1. The van der Waals surface area contributed by atoms with Gasteiger partial charge in [-0.1, -0.05) is 66.4 Å². The van der Waals surface area contributed by atoms with Crippen LogP contribution in [0.25, 0.3) is 0 Å². The monoisotopic (exact) mass is 504 g/mol. The Morgan fingerprint density at radius 3 is 2.23 bits per heavy atom. The van der Waals surface area contributed by atoms with Crippen molar-refractivity contribution in [1.82, 2.24) is 0 Å². The van der Waals surface area contributed by atoms with Gasteiger partial charge in [-0.25, -0.2) is 8.42 Å². The summed E-state index contributed by atoms with van der Waals surface area (Å²) < 4.78 is 33.4. The number of rotatable bonds is 9. The van der Waals surface area contributed by atoms with Gasteiger partial charge in [-0.2, -0.15) is 0 Å². The highest BCUT2D eigenvalue weighted by atomic mass is 32.2. The maximum atomic E-state index is 13.5. The number of amides is 1. The summed E-state index contributed by atoms with van der Waals surface area (Å²) in [4.78, 5) is 15.1. The van der Waals surface area contributed by atoms with Crippen molar-refractivity contribution in [3.05, 3.63) is 109 Å². The van der Waals surface area contributed by atoms with Crippen molar-refractivity contribution in [2.75, 3.05) is 23.3 Å². The molecule has 1 N–H and O–H groups in total. The molecule has 4 aromatic rings. The quantitative estimate of drug-likeness (QED) is 0.317. The fourth-order valence-electron chi connectivity index (χ4n) is 3.39. The highest BCUT2D eigenvalue weighted by Gasteiger charge is 2.27. The molecule has 6 nitrogen and oxygen atoms in total.